The van der Waals surface area contributed by atoms with Crippen molar-refractivity contribution in [2.24, 2.45) is 0 Å². The number of carboxylic acid groups (broad SMARTS) is 1. The van der Waals surface area contributed by atoms with E-state index in [4.69, 9.17) is 4.74 Å². The fraction of sp³-hybridized carbons (Fsp3) is 0.250. The number of benzene rings is 1. The van der Waals surface area contributed by atoms with Crippen LogP contribution in [0.2, 0.25) is 0 Å². The summed E-state index contributed by atoms with van der Waals surface area (Å²) in [7, 11) is 0. The number of ether oxygens (including phenoxy) is 1. The van der Waals surface area contributed by atoms with Crippen molar-refractivity contribution in [2.45, 2.75) is 25.2 Å². The Hall–Kier alpha value is -2.77. The number of para-hydroxylation sites is 1. The van der Waals surface area contributed by atoms with Gasteiger partial charge in [-0.2, -0.15) is 13.2 Å². The molecule has 0 saturated heterocycles. The highest BCUT2D eigenvalue weighted by Crippen LogP contribution is 2.32. The number of anilines is 1. The number of halogens is 3. The number of carbonyl (C=O) groups excluding carboxylic acids is 1. The summed E-state index contributed by atoms with van der Waals surface area (Å²) in [6.45, 7) is 0. The minimum atomic E-state index is -4.49. The largest absolute Gasteiger partial charge is 0.530 e. The lowest BCUT2D eigenvalue weighted by Crippen LogP contribution is -2.52. The summed E-state index contributed by atoms with van der Waals surface area (Å²) in [6.07, 6.45) is -5.28. The third-order valence-electron chi connectivity index (χ3n) is 3.72. The third kappa shape index (κ3) is 3.12. The number of aryl methyl sites for hydroxylation is 1. The summed E-state index contributed by atoms with van der Waals surface area (Å²) >= 11 is 0. The maximum Gasteiger partial charge on any atom is 0.417 e. The van der Waals surface area contributed by atoms with E-state index in [1.807, 2.05) is 0 Å². The Morgan fingerprint density at radius 1 is 1.25 bits per heavy atom. The number of amides is 1. The highest BCUT2D eigenvalue weighted by Gasteiger charge is 2.32. The predicted molar refractivity (Wildman–Crippen MR) is 76.3 cm³/mol. The summed E-state index contributed by atoms with van der Waals surface area (Å²) < 4.78 is 43.1. The molecule has 1 amide bonds. The minimum absolute atomic E-state index is 0.0846. The van der Waals surface area contributed by atoms with E-state index in [0.717, 1.165) is 22.6 Å². The summed E-state index contributed by atoms with van der Waals surface area (Å²) in [5, 5.41) is 11.5. The molecule has 0 aliphatic carbocycles. The molecule has 1 aromatic heterocycles. The van der Waals surface area contributed by atoms with Crippen molar-refractivity contribution in [1.82, 2.24) is 4.98 Å². The number of fused-ring (bicyclic) bond motifs is 1. The highest BCUT2D eigenvalue weighted by molar-refractivity contribution is 5.86. The molecule has 1 unspecified atom stereocenters. The summed E-state index contributed by atoms with van der Waals surface area (Å²) in [4.78, 5) is 16.0. The van der Waals surface area contributed by atoms with Gasteiger partial charge in [0.15, 0.2) is 6.23 Å². The molecule has 2 heterocycles. The third-order valence-corrected chi connectivity index (χ3v) is 3.72. The Morgan fingerprint density at radius 3 is 2.62 bits per heavy atom. The van der Waals surface area contributed by atoms with Crippen molar-refractivity contribution in [3.05, 3.63) is 53.7 Å². The van der Waals surface area contributed by atoms with Crippen LogP contribution in [0.5, 0.6) is 5.88 Å². The van der Waals surface area contributed by atoms with Crippen LogP contribution in [0.4, 0.5) is 23.7 Å². The average molecular weight is 337 g/mol. The molecule has 0 N–H and O–H groups in total. The molecule has 0 spiro atoms. The van der Waals surface area contributed by atoms with Crippen molar-refractivity contribution >= 4 is 11.8 Å². The van der Waals surface area contributed by atoms with E-state index in [1.54, 1.807) is 24.3 Å². The van der Waals surface area contributed by atoms with E-state index in [0.29, 0.717) is 24.7 Å². The van der Waals surface area contributed by atoms with Crippen LogP contribution in [0, 0.1) is 0 Å². The lowest BCUT2D eigenvalue weighted by molar-refractivity contribution is -0.248. The lowest BCUT2D eigenvalue weighted by Gasteiger charge is -2.38. The number of rotatable bonds is 2. The number of aromatic nitrogens is 1. The molecule has 0 bridgehead atoms. The Morgan fingerprint density at radius 2 is 2.00 bits per heavy atom. The Bertz CT molecular complexity index is 747. The second-order valence-electron chi connectivity index (χ2n) is 5.26. The molecule has 1 aromatic carbocycles. The topological polar surface area (TPSA) is 65.5 Å². The second-order valence-corrected chi connectivity index (χ2v) is 5.26. The zero-order chi connectivity index (χ0) is 17.3. The molecule has 24 heavy (non-hydrogen) atoms. The van der Waals surface area contributed by atoms with Crippen molar-refractivity contribution in [3.8, 4) is 5.88 Å². The molecule has 0 saturated carbocycles. The number of alkyl halides is 3. The monoisotopic (exact) mass is 337 g/mol. The van der Waals surface area contributed by atoms with Gasteiger partial charge in [0.2, 0.25) is 5.88 Å². The molecule has 1 aliphatic heterocycles. The van der Waals surface area contributed by atoms with Crippen LogP contribution in [0.1, 0.15) is 17.5 Å². The molecule has 2 aromatic rings. The van der Waals surface area contributed by atoms with Crippen LogP contribution in [-0.2, 0) is 12.6 Å². The average Bonchev–Trinajstić information content (AvgIpc) is 2.54. The molecule has 126 valence electrons. The van der Waals surface area contributed by atoms with Gasteiger partial charge in [-0.15, -0.1) is 0 Å². The number of nitrogens with zero attached hydrogens (tertiary/aromatic N) is 2. The molecule has 3 rings (SSSR count). The maximum absolute atomic E-state index is 12.5. The Labute approximate surface area is 135 Å². The Balaban J connectivity index is 1.83. The molecular weight excluding hydrogens is 325 g/mol. The van der Waals surface area contributed by atoms with Gasteiger partial charge in [0, 0.05) is 24.4 Å². The van der Waals surface area contributed by atoms with E-state index in [9.17, 15) is 23.1 Å². The molecule has 0 fully saturated rings. The summed E-state index contributed by atoms with van der Waals surface area (Å²) in [6, 6.07) is 8.82. The van der Waals surface area contributed by atoms with Crippen LogP contribution < -0.4 is 14.7 Å². The molecule has 8 heteroatoms. The SMILES string of the molecule is O=C([O-])N1c2ccccc2CCC1Oc1ccc(C(F)(F)F)cn1. The standard InChI is InChI=1S/C16H13F3N2O3/c17-16(18,19)11-6-7-13(20-9-11)24-14-8-5-10-3-1-2-4-12(10)21(14)15(22)23/h1-4,6-7,9,14H,5,8H2,(H,22,23)/p-1. The number of carbonyl (C=O) groups is 1. The van der Waals surface area contributed by atoms with Crippen LogP contribution in [-0.4, -0.2) is 17.3 Å². The summed E-state index contributed by atoms with van der Waals surface area (Å²) in [5.74, 6) is -0.0846. The first-order valence-electron chi connectivity index (χ1n) is 7.14. The van der Waals surface area contributed by atoms with Gasteiger partial charge < -0.3 is 14.6 Å². The van der Waals surface area contributed by atoms with E-state index >= 15 is 0 Å². The van der Waals surface area contributed by atoms with Gasteiger partial charge in [-0.3, -0.25) is 4.90 Å². The van der Waals surface area contributed by atoms with Gasteiger partial charge in [-0.05, 0) is 24.1 Å². The van der Waals surface area contributed by atoms with Gasteiger partial charge in [-0.1, -0.05) is 18.2 Å². The number of hydrogen-bond acceptors (Lipinski definition) is 4. The molecule has 0 radical (unpaired) electrons. The van der Waals surface area contributed by atoms with Gasteiger partial charge in [0.25, 0.3) is 0 Å². The fourth-order valence-electron chi connectivity index (χ4n) is 2.61. The van der Waals surface area contributed by atoms with Gasteiger partial charge in [0.1, 0.15) is 6.09 Å². The van der Waals surface area contributed by atoms with Crippen LogP contribution >= 0.6 is 0 Å². The molecular formula is C16H12F3N2O3-. The second kappa shape index (κ2) is 6.03. The maximum atomic E-state index is 12.5. The van der Waals surface area contributed by atoms with E-state index in [-0.39, 0.29) is 5.88 Å². The normalized spacial score (nSPS) is 17.3. The van der Waals surface area contributed by atoms with Crippen LogP contribution in [0.25, 0.3) is 0 Å². The number of hydrogen-bond donors (Lipinski definition) is 0. The lowest BCUT2D eigenvalue weighted by atomic mass is 10.0. The summed E-state index contributed by atoms with van der Waals surface area (Å²) in [5.41, 5.74) is 0.378. The first kappa shape index (κ1) is 16.1. The molecule has 5 nitrogen and oxygen atoms in total. The minimum Gasteiger partial charge on any atom is -0.530 e. The first-order chi connectivity index (χ1) is 11.4. The van der Waals surface area contributed by atoms with Crippen molar-refractivity contribution in [2.75, 3.05) is 4.90 Å². The quantitative estimate of drug-likeness (QED) is 0.845. The van der Waals surface area contributed by atoms with Gasteiger partial charge in [0.05, 0.1) is 5.56 Å². The van der Waals surface area contributed by atoms with E-state index in [1.165, 1.54) is 0 Å². The fourth-order valence-corrected chi connectivity index (χ4v) is 2.61. The molecule has 1 aliphatic rings. The number of pyridine rings is 1. The van der Waals surface area contributed by atoms with Crippen molar-refractivity contribution in [1.29, 1.82) is 0 Å². The van der Waals surface area contributed by atoms with Gasteiger partial charge >= 0.3 is 6.18 Å². The highest BCUT2D eigenvalue weighted by atomic mass is 19.4. The zero-order valence-electron chi connectivity index (χ0n) is 12.3. The van der Waals surface area contributed by atoms with Gasteiger partial charge in [-0.25, -0.2) is 4.98 Å². The van der Waals surface area contributed by atoms with Crippen LogP contribution in [0.15, 0.2) is 42.6 Å². The first-order valence-corrected chi connectivity index (χ1v) is 7.14. The zero-order valence-corrected chi connectivity index (χ0v) is 12.3. The van der Waals surface area contributed by atoms with Crippen LogP contribution in [0.3, 0.4) is 0 Å². The molecule has 1 atom stereocenters. The van der Waals surface area contributed by atoms with E-state index in [2.05, 4.69) is 4.98 Å². The van der Waals surface area contributed by atoms with Crippen molar-refractivity contribution < 1.29 is 27.8 Å². The van der Waals surface area contributed by atoms with Crippen molar-refractivity contribution in [3.63, 3.8) is 0 Å². The van der Waals surface area contributed by atoms with E-state index < -0.39 is 24.1 Å². The Kier molecular flexibility index (Phi) is 4.04. The predicted octanol–water partition coefficient (Wildman–Crippen LogP) is 2.60. The smallest absolute Gasteiger partial charge is 0.417 e.